The molecular weight excluding hydrogens is 258 g/mol. The zero-order valence-electron chi connectivity index (χ0n) is 14.4. The Morgan fingerprint density at radius 2 is 1.90 bits per heavy atom. The number of nitrogens with one attached hydrogen (secondary N) is 1. The third-order valence-corrected chi connectivity index (χ3v) is 4.91. The lowest BCUT2D eigenvalue weighted by Crippen LogP contribution is -2.61. The first-order chi connectivity index (χ1) is 9.82. The lowest BCUT2D eigenvalue weighted by molar-refractivity contribution is -0.125. The van der Waals surface area contributed by atoms with Gasteiger partial charge in [0.05, 0.1) is 6.10 Å². The summed E-state index contributed by atoms with van der Waals surface area (Å²) in [6.07, 6.45) is 1.51. The van der Waals surface area contributed by atoms with Gasteiger partial charge in [-0.3, -0.25) is 0 Å². The van der Waals surface area contributed by atoms with Crippen LogP contribution in [0.4, 0.5) is 0 Å². The monoisotopic (exact) mass is 289 g/mol. The van der Waals surface area contributed by atoms with Crippen LogP contribution in [-0.4, -0.2) is 18.8 Å². The Morgan fingerprint density at radius 1 is 1.24 bits per heavy atom. The Bertz CT molecular complexity index is 466. The molecule has 1 saturated carbocycles. The molecule has 118 valence electrons. The van der Waals surface area contributed by atoms with Crippen molar-refractivity contribution in [1.82, 2.24) is 5.32 Å². The van der Waals surface area contributed by atoms with Crippen molar-refractivity contribution in [2.75, 3.05) is 6.61 Å². The molecule has 0 aliphatic heterocycles. The molecule has 1 fully saturated rings. The van der Waals surface area contributed by atoms with Crippen LogP contribution in [-0.2, 0) is 4.74 Å². The van der Waals surface area contributed by atoms with Gasteiger partial charge in [0.25, 0.3) is 0 Å². The quantitative estimate of drug-likeness (QED) is 0.833. The Kier molecular flexibility index (Phi) is 5.11. The molecule has 1 N–H and O–H groups in total. The molecule has 0 aromatic heterocycles. The Morgan fingerprint density at radius 3 is 2.48 bits per heavy atom. The highest BCUT2D eigenvalue weighted by Crippen LogP contribution is 2.44. The van der Waals surface area contributed by atoms with Gasteiger partial charge in [-0.2, -0.15) is 0 Å². The lowest BCUT2D eigenvalue weighted by atomic mass is 9.64. The van der Waals surface area contributed by atoms with Crippen LogP contribution in [0.5, 0.6) is 0 Å². The van der Waals surface area contributed by atoms with Crippen molar-refractivity contribution in [3.8, 4) is 0 Å². The van der Waals surface area contributed by atoms with Gasteiger partial charge in [-0.1, -0.05) is 52.0 Å². The van der Waals surface area contributed by atoms with E-state index >= 15 is 0 Å². The second-order valence-corrected chi connectivity index (χ2v) is 7.57. The van der Waals surface area contributed by atoms with Gasteiger partial charge < -0.3 is 10.1 Å². The second-order valence-electron chi connectivity index (χ2n) is 7.57. The summed E-state index contributed by atoms with van der Waals surface area (Å²) in [5.41, 5.74) is 2.98. The molecule has 1 aliphatic carbocycles. The molecule has 0 heterocycles. The van der Waals surface area contributed by atoms with Gasteiger partial charge in [-0.05, 0) is 37.3 Å². The molecule has 0 saturated heterocycles. The van der Waals surface area contributed by atoms with Crippen LogP contribution in [0.2, 0.25) is 0 Å². The van der Waals surface area contributed by atoms with E-state index in [4.69, 9.17) is 4.74 Å². The fourth-order valence-corrected chi connectivity index (χ4v) is 3.22. The van der Waals surface area contributed by atoms with Gasteiger partial charge >= 0.3 is 0 Å². The zero-order chi connectivity index (χ0) is 15.6. The molecule has 0 spiro atoms. The number of aryl methyl sites for hydroxylation is 1. The van der Waals surface area contributed by atoms with Gasteiger partial charge in [0.2, 0.25) is 0 Å². The van der Waals surface area contributed by atoms with Crippen molar-refractivity contribution < 1.29 is 4.74 Å². The number of hydrogen-bond acceptors (Lipinski definition) is 2. The predicted octanol–water partition coefficient (Wildman–Crippen LogP) is 4.49. The molecular formula is C19H31NO. The summed E-state index contributed by atoms with van der Waals surface area (Å²) in [6, 6.07) is 9.57. The summed E-state index contributed by atoms with van der Waals surface area (Å²) in [6.45, 7) is 14.4. The standard InChI is InChI=1S/C19H31NO/c1-13(2)12-21-18-11-17(19(18,5)6)20-15(4)16-10-8-7-9-14(16)3/h7-10,13,15,17-18,20H,11-12H2,1-6H3/t15-,17?,18?/m1/s1. The van der Waals surface area contributed by atoms with E-state index in [9.17, 15) is 0 Å². The summed E-state index contributed by atoms with van der Waals surface area (Å²) in [5, 5.41) is 3.80. The van der Waals surface area contributed by atoms with Gasteiger partial charge in [0.15, 0.2) is 0 Å². The smallest absolute Gasteiger partial charge is 0.0656 e. The van der Waals surface area contributed by atoms with E-state index in [1.165, 1.54) is 11.1 Å². The van der Waals surface area contributed by atoms with Crippen LogP contribution in [0.3, 0.4) is 0 Å². The van der Waals surface area contributed by atoms with Crippen LogP contribution in [0, 0.1) is 18.3 Å². The first kappa shape index (κ1) is 16.5. The minimum atomic E-state index is 0.214. The normalized spacial score (nSPS) is 25.7. The van der Waals surface area contributed by atoms with E-state index in [0.717, 1.165) is 13.0 Å². The third kappa shape index (κ3) is 3.67. The second kappa shape index (κ2) is 6.50. The molecule has 1 aromatic rings. The highest BCUT2D eigenvalue weighted by molar-refractivity contribution is 5.28. The lowest BCUT2D eigenvalue weighted by Gasteiger charge is -2.53. The van der Waals surface area contributed by atoms with E-state index in [1.807, 2.05) is 0 Å². The average Bonchev–Trinajstić information content (AvgIpc) is 2.41. The van der Waals surface area contributed by atoms with Crippen molar-refractivity contribution in [2.45, 2.75) is 66.2 Å². The number of rotatable bonds is 6. The minimum absolute atomic E-state index is 0.214. The van der Waals surface area contributed by atoms with Gasteiger partial charge in [0.1, 0.15) is 0 Å². The minimum Gasteiger partial charge on any atom is -0.377 e. The van der Waals surface area contributed by atoms with Gasteiger partial charge in [0, 0.05) is 24.1 Å². The molecule has 2 nitrogen and oxygen atoms in total. The number of ether oxygens (including phenoxy) is 1. The Hall–Kier alpha value is -0.860. The Balaban J connectivity index is 1.92. The molecule has 1 aliphatic rings. The van der Waals surface area contributed by atoms with E-state index < -0.39 is 0 Å². The molecule has 21 heavy (non-hydrogen) atoms. The van der Waals surface area contributed by atoms with Gasteiger partial charge in [-0.15, -0.1) is 0 Å². The van der Waals surface area contributed by atoms with Crippen molar-refractivity contribution in [2.24, 2.45) is 11.3 Å². The molecule has 2 unspecified atom stereocenters. The molecule has 0 amide bonds. The van der Waals surface area contributed by atoms with Crippen molar-refractivity contribution in [3.05, 3.63) is 35.4 Å². The molecule has 3 atom stereocenters. The summed E-state index contributed by atoms with van der Waals surface area (Å²) in [4.78, 5) is 0. The van der Waals surface area contributed by atoms with Gasteiger partial charge in [-0.25, -0.2) is 0 Å². The third-order valence-electron chi connectivity index (χ3n) is 4.91. The summed E-state index contributed by atoms with van der Waals surface area (Å²) >= 11 is 0. The van der Waals surface area contributed by atoms with E-state index in [1.54, 1.807) is 0 Å². The van der Waals surface area contributed by atoms with Crippen LogP contribution in [0.15, 0.2) is 24.3 Å². The largest absolute Gasteiger partial charge is 0.377 e. The molecule has 2 heteroatoms. The van der Waals surface area contributed by atoms with Crippen LogP contribution >= 0.6 is 0 Å². The summed E-state index contributed by atoms with van der Waals surface area (Å²) in [7, 11) is 0. The summed E-state index contributed by atoms with van der Waals surface area (Å²) in [5.74, 6) is 0.610. The van der Waals surface area contributed by atoms with E-state index in [2.05, 4.69) is 71.1 Å². The first-order valence-corrected chi connectivity index (χ1v) is 8.25. The molecule has 2 rings (SSSR count). The van der Waals surface area contributed by atoms with E-state index in [-0.39, 0.29) is 5.41 Å². The maximum Gasteiger partial charge on any atom is 0.0656 e. The molecule has 1 aromatic carbocycles. The number of hydrogen-bond donors (Lipinski definition) is 1. The molecule has 0 radical (unpaired) electrons. The fraction of sp³-hybridized carbons (Fsp3) is 0.684. The van der Waals surface area contributed by atoms with Crippen molar-refractivity contribution in [3.63, 3.8) is 0 Å². The summed E-state index contributed by atoms with van der Waals surface area (Å²) < 4.78 is 6.06. The average molecular weight is 289 g/mol. The molecule has 0 bridgehead atoms. The maximum absolute atomic E-state index is 6.06. The van der Waals surface area contributed by atoms with Crippen LogP contribution < -0.4 is 5.32 Å². The topological polar surface area (TPSA) is 21.3 Å². The maximum atomic E-state index is 6.06. The van der Waals surface area contributed by atoms with Crippen LogP contribution in [0.1, 0.15) is 58.2 Å². The zero-order valence-corrected chi connectivity index (χ0v) is 14.4. The van der Waals surface area contributed by atoms with Crippen LogP contribution in [0.25, 0.3) is 0 Å². The SMILES string of the molecule is Cc1ccccc1[C@@H](C)NC1CC(OCC(C)C)C1(C)C. The highest BCUT2D eigenvalue weighted by atomic mass is 16.5. The predicted molar refractivity (Wildman–Crippen MR) is 89.5 cm³/mol. The fourth-order valence-electron chi connectivity index (χ4n) is 3.22. The Labute approximate surface area is 130 Å². The van der Waals surface area contributed by atoms with E-state index in [0.29, 0.717) is 24.1 Å². The first-order valence-electron chi connectivity index (χ1n) is 8.25. The van der Waals surface area contributed by atoms with Crippen molar-refractivity contribution in [1.29, 1.82) is 0 Å². The van der Waals surface area contributed by atoms with Crippen molar-refractivity contribution >= 4 is 0 Å². The number of benzene rings is 1. The highest BCUT2D eigenvalue weighted by Gasteiger charge is 2.49.